The van der Waals surface area contributed by atoms with Gasteiger partial charge in [0.1, 0.15) is 16.9 Å². The second-order valence-electron chi connectivity index (χ2n) is 8.37. The molecule has 1 aliphatic rings. The van der Waals surface area contributed by atoms with Gasteiger partial charge in [0.25, 0.3) is 5.91 Å². The van der Waals surface area contributed by atoms with Crippen molar-refractivity contribution in [3.8, 4) is 11.5 Å². The zero-order chi connectivity index (χ0) is 24.8. The molecular formula is C28H30N2O4S. The first-order valence-corrected chi connectivity index (χ1v) is 12.8. The van der Waals surface area contributed by atoms with Crippen LogP contribution in [0.3, 0.4) is 0 Å². The number of ether oxygens (including phenoxy) is 2. The average molecular weight is 491 g/mol. The molecule has 1 saturated heterocycles. The first-order chi connectivity index (χ1) is 17.0. The van der Waals surface area contributed by atoms with E-state index in [-0.39, 0.29) is 17.2 Å². The number of para-hydroxylation sites is 1. The van der Waals surface area contributed by atoms with E-state index in [2.05, 4.69) is 12.2 Å². The number of benzene rings is 3. The zero-order valence-electron chi connectivity index (χ0n) is 20.2. The molecule has 1 heterocycles. The molecule has 35 heavy (non-hydrogen) atoms. The minimum absolute atomic E-state index is 0.00342. The normalized spacial score (nSPS) is 15.2. The number of hydrogen-bond donors (Lipinski definition) is 1. The molecule has 0 radical (unpaired) electrons. The summed E-state index contributed by atoms with van der Waals surface area (Å²) in [6.07, 6.45) is 2.06. The molecule has 7 heteroatoms. The lowest BCUT2D eigenvalue weighted by Gasteiger charge is -2.27. The molecular weight excluding hydrogens is 460 g/mol. The van der Waals surface area contributed by atoms with Crippen LogP contribution in [0.15, 0.2) is 66.7 Å². The number of hydrogen-bond acceptors (Lipinski definition) is 5. The Labute approximate surface area is 210 Å². The van der Waals surface area contributed by atoms with Crippen molar-refractivity contribution in [2.45, 2.75) is 32.1 Å². The molecule has 0 unspecified atom stereocenters. The third-order valence-corrected chi connectivity index (χ3v) is 7.01. The molecule has 6 nitrogen and oxygen atoms in total. The van der Waals surface area contributed by atoms with Gasteiger partial charge in [-0.2, -0.15) is 0 Å². The summed E-state index contributed by atoms with van der Waals surface area (Å²) < 4.78 is 11.3. The molecule has 0 aliphatic carbocycles. The summed E-state index contributed by atoms with van der Waals surface area (Å²) in [4.78, 5) is 27.8. The van der Waals surface area contributed by atoms with E-state index in [4.69, 9.17) is 9.47 Å². The topological polar surface area (TPSA) is 67.9 Å². The summed E-state index contributed by atoms with van der Waals surface area (Å²) in [5, 5.41) is 2.75. The Kier molecular flexibility index (Phi) is 7.98. The van der Waals surface area contributed by atoms with E-state index in [9.17, 15) is 9.59 Å². The summed E-state index contributed by atoms with van der Waals surface area (Å²) in [6.45, 7) is 4.76. The van der Waals surface area contributed by atoms with Gasteiger partial charge in [0, 0.05) is 16.8 Å². The van der Waals surface area contributed by atoms with E-state index in [1.165, 1.54) is 11.8 Å². The third-order valence-electron chi connectivity index (χ3n) is 5.82. The Morgan fingerprint density at radius 2 is 1.89 bits per heavy atom. The molecule has 1 atom stereocenters. The van der Waals surface area contributed by atoms with E-state index in [0.717, 1.165) is 35.4 Å². The van der Waals surface area contributed by atoms with Crippen LogP contribution >= 0.6 is 11.8 Å². The van der Waals surface area contributed by atoms with Gasteiger partial charge >= 0.3 is 0 Å². The second kappa shape index (κ2) is 11.3. The molecule has 0 aromatic heterocycles. The molecule has 0 bridgehead atoms. The Balaban J connectivity index is 1.58. The van der Waals surface area contributed by atoms with E-state index >= 15 is 0 Å². The molecule has 1 aliphatic heterocycles. The summed E-state index contributed by atoms with van der Waals surface area (Å²) >= 11 is 1.53. The van der Waals surface area contributed by atoms with Gasteiger partial charge < -0.3 is 14.8 Å². The maximum absolute atomic E-state index is 13.1. The quantitative estimate of drug-likeness (QED) is 0.361. The average Bonchev–Trinajstić information content (AvgIpc) is 3.25. The van der Waals surface area contributed by atoms with E-state index < -0.39 is 0 Å². The van der Waals surface area contributed by atoms with Crippen molar-refractivity contribution in [2.75, 3.05) is 29.7 Å². The molecule has 4 rings (SSSR count). The first-order valence-electron chi connectivity index (χ1n) is 11.7. The van der Waals surface area contributed by atoms with Gasteiger partial charge in [0.15, 0.2) is 0 Å². The van der Waals surface area contributed by atoms with Crippen molar-refractivity contribution in [3.05, 3.63) is 83.4 Å². The Hall–Kier alpha value is -3.45. The molecule has 3 aromatic carbocycles. The summed E-state index contributed by atoms with van der Waals surface area (Å²) in [7, 11) is 1.60. The van der Waals surface area contributed by atoms with Crippen molar-refractivity contribution < 1.29 is 19.1 Å². The summed E-state index contributed by atoms with van der Waals surface area (Å²) in [5.41, 5.74) is 3.83. The molecule has 3 aromatic rings. The van der Waals surface area contributed by atoms with Crippen LogP contribution in [0.5, 0.6) is 11.5 Å². The van der Waals surface area contributed by atoms with Crippen molar-refractivity contribution in [1.82, 2.24) is 0 Å². The van der Waals surface area contributed by atoms with E-state index in [1.807, 2.05) is 61.5 Å². The SMILES string of the molecule is CCCCOc1ccc(C(=O)Nc2ccccc2[C@@H]2SCC(=O)N2c2cc(C)ccc2OC)cc1. The number of carbonyl (C=O) groups excluding carboxylic acids is 2. The smallest absolute Gasteiger partial charge is 0.255 e. The monoisotopic (exact) mass is 490 g/mol. The molecule has 1 fully saturated rings. The highest BCUT2D eigenvalue weighted by atomic mass is 32.2. The van der Waals surface area contributed by atoms with Gasteiger partial charge in [-0.1, -0.05) is 37.6 Å². The lowest BCUT2D eigenvalue weighted by molar-refractivity contribution is -0.115. The fraction of sp³-hybridized carbons (Fsp3) is 0.286. The lowest BCUT2D eigenvalue weighted by atomic mass is 10.1. The second-order valence-corrected chi connectivity index (χ2v) is 9.44. The van der Waals surface area contributed by atoms with Crippen LogP contribution in [0.1, 0.15) is 46.6 Å². The summed E-state index contributed by atoms with van der Waals surface area (Å²) in [5.74, 6) is 1.53. The minimum Gasteiger partial charge on any atom is -0.495 e. The highest BCUT2D eigenvalue weighted by Crippen LogP contribution is 2.47. The standard InChI is InChI=1S/C28H30N2O4S/c1-4-5-16-34-21-13-11-20(12-14-21)27(32)29-23-9-7-6-8-22(23)28-30(26(31)18-35-28)24-17-19(2)10-15-25(24)33-3/h6-15,17,28H,4-5,16,18H2,1-3H3,(H,29,32)/t28-/m0/s1. The van der Waals surface area contributed by atoms with Gasteiger partial charge in [-0.15, -0.1) is 11.8 Å². The van der Waals surface area contributed by atoms with Gasteiger partial charge in [-0.25, -0.2) is 0 Å². The molecule has 1 N–H and O–H groups in total. The number of anilines is 2. The third kappa shape index (κ3) is 5.62. The number of nitrogens with one attached hydrogen (secondary N) is 1. The number of amides is 2. The first kappa shape index (κ1) is 24.7. The predicted octanol–water partition coefficient (Wildman–Crippen LogP) is 6.21. The van der Waals surface area contributed by atoms with Gasteiger partial charge in [-0.3, -0.25) is 14.5 Å². The fourth-order valence-electron chi connectivity index (χ4n) is 3.96. The van der Waals surface area contributed by atoms with Crippen LogP contribution in [0.2, 0.25) is 0 Å². The van der Waals surface area contributed by atoms with Crippen LogP contribution in [-0.4, -0.2) is 31.3 Å². The van der Waals surface area contributed by atoms with E-state index in [1.54, 1.807) is 24.1 Å². The van der Waals surface area contributed by atoms with Gasteiger partial charge in [0.05, 0.1) is 25.2 Å². The number of nitrogens with zero attached hydrogens (tertiary/aromatic N) is 1. The largest absolute Gasteiger partial charge is 0.495 e. The molecule has 0 spiro atoms. The minimum atomic E-state index is -0.288. The molecule has 2 amide bonds. The highest BCUT2D eigenvalue weighted by Gasteiger charge is 2.37. The van der Waals surface area contributed by atoms with Crippen LogP contribution in [0.25, 0.3) is 0 Å². The Bertz CT molecular complexity index is 1200. The summed E-state index contributed by atoms with van der Waals surface area (Å²) in [6, 6.07) is 20.6. The predicted molar refractivity (Wildman–Crippen MR) is 142 cm³/mol. The van der Waals surface area contributed by atoms with Crippen LogP contribution in [0, 0.1) is 6.92 Å². The van der Waals surface area contributed by atoms with Crippen LogP contribution in [-0.2, 0) is 4.79 Å². The number of unbranched alkanes of at least 4 members (excludes halogenated alkanes) is 1. The fourth-order valence-corrected chi connectivity index (χ4v) is 5.17. The number of thioether (sulfide) groups is 1. The highest BCUT2D eigenvalue weighted by molar-refractivity contribution is 8.00. The maximum Gasteiger partial charge on any atom is 0.255 e. The zero-order valence-corrected chi connectivity index (χ0v) is 21.1. The van der Waals surface area contributed by atoms with Gasteiger partial charge in [-0.05, 0) is 61.4 Å². The number of methoxy groups -OCH3 is 1. The van der Waals surface area contributed by atoms with Gasteiger partial charge in [0.2, 0.25) is 5.91 Å². The molecule has 0 saturated carbocycles. The van der Waals surface area contributed by atoms with Crippen molar-refractivity contribution >= 4 is 35.0 Å². The number of rotatable bonds is 9. The lowest BCUT2D eigenvalue weighted by Crippen LogP contribution is -2.29. The Morgan fingerprint density at radius 3 is 2.63 bits per heavy atom. The van der Waals surface area contributed by atoms with Crippen LogP contribution < -0.4 is 19.7 Å². The number of aryl methyl sites for hydroxylation is 1. The number of carbonyl (C=O) groups is 2. The van der Waals surface area contributed by atoms with Crippen molar-refractivity contribution in [1.29, 1.82) is 0 Å². The van der Waals surface area contributed by atoms with E-state index in [0.29, 0.717) is 29.4 Å². The van der Waals surface area contributed by atoms with Crippen LogP contribution in [0.4, 0.5) is 11.4 Å². The maximum atomic E-state index is 13.1. The van der Waals surface area contributed by atoms with Crippen molar-refractivity contribution in [2.24, 2.45) is 0 Å². The molecule has 182 valence electrons. The Morgan fingerprint density at radius 1 is 1.11 bits per heavy atom. The van der Waals surface area contributed by atoms with Crippen molar-refractivity contribution in [3.63, 3.8) is 0 Å².